The van der Waals surface area contributed by atoms with Crippen LogP contribution in [0.25, 0.3) is 0 Å². The fraction of sp³-hybridized carbons (Fsp3) is 0.464. The highest BCUT2D eigenvalue weighted by Gasteiger charge is 2.24. The molecule has 0 saturated heterocycles. The number of benzene rings is 2. The van der Waals surface area contributed by atoms with E-state index in [0.29, 0.717) is 12.5 Å². The highest BCUT2D eigenvalue weighted by atomic mass is 16.5. The molecule has 6 heteroatoms. The summed E-state index contributed by atoms with van der Waals surface area (Å²) >= 11 is 0. The number of imidazole rings is 1. The van der Waals surface area contributed by atoms with Crippen molar-refractivity contribution in [3.8, 4) is 11.5 Å². The molecule has 0 aliphatic carbocycles. The van der Waals surface area contributed by atoms with Gasteiger partial charge in [-0.3, -0.25) is 4.90 Å². The molecule has 3 aromatic rings. The van der Waals surface area contributed by atoms with E-state index in [-0.39, 0.29) is 6.61 Å². The number of hydrogen-bond acceptors (Lipinski definition) is 5. The molecule has 0 bridgehead atoms. The molecule has 2 aromatic carbocycles. The molecule has 34 heavy (non-hydrogen) atoms. The second kappa shape index (κ2) is 11.5. The largest absolute Gasteiger partial charge is 0.497 e. The van der Waals surface area contributed by atoms with Gasteiger partial charge in [0, 0.05) is 39.0 Å². The van der Waals surface area contributed by atoms with Gasteiger partial charge in [-0.25, -0.2) is 4.98 Å². The molecule has 0 amide bonds. The van der Waals surface area contributed by atoms with Crippen molar-refractivity contribution in [1.82, 2.24) is 14.5 Å². The molecular formula is C28H37N3O3. The molecule has 1 N–H and O–H groups in total. The number of hydrogen-bond donors (Lipinski definition) is 1. The third kappa shape index (κ3) is 6.19. The summed E-state index contributed by atoms with van der Waals surface area (Å²) in [5.74, 6) is 3.58. The summed E-state index contributed by atoms with van der Waals surface area (Å²) in [6.07, 6.45) is 3.01. The Morgan fingerprint density at radius 2 is 1.85 bits per heavy atom. The van der Waals surface area contributed by atoms with E-state index in [1.165, 1.54) is 28.3 Å². The topological polar surface area (TPSA) is 59.8 Å². The summed E-state index contributed by atoms with van der Waals surface area (Å²) in [7, 11) is 1.70. The van der Waals surface area contributed by atoms with Crippen LogP contribution in [-0.4, -0.2) is 46.4 Å². The van der Waals surface area contributed by atoms with Crippen molar-refractivity contribution in [3.05, 3.63) is 76.9 Å². The smallest absolute Gasteiger partial charge is 0.119 e. The third-order valence-electron chi connectivity index (χ3n) is 6.39. The number of aliphatic hydroxyl groups is 1. The summed E-state index contributed by atoms with van der Waals surface area (Å²) < 4.78 is 13.4. The number of ether oxygens (including phenoxy) is 2. The molecule has 1 aromatic heterocycles. The minimum absolute atomic E-state index is 0.0243. The number of aryl methyl sites for hydroxylation is 1. The second-order valence-electron chi connectivity index (χ2n) is 9.46. The molecule has 182 valence electrons. The van der Waals surface area contributed by atoms with E-state index < -0.39 is 0 Å². The van der Waals surface area contributed by atoms with Crippen molar-refractivity contribution in [2.24, 2.45) is 5.92 Å². The Morgan fingerprint density at radius 1 is 1.03 bits per heavy atom. The Labute approximate surface area is 203 Å². The molecule has 0 atom stereocenters. The molecule has 0 saturated carbocycles. The standard InChI is InChI=1S/C28H37N3O3/c1-21(2)7-12-28-29-26(18-22-8-10-24(33-3)11-9-22)27-20-30(13-14-31(27)28)19-23-5-4-6-25(17-23)34-16-15-32/h4-6,8-11,17,21,32H,7,12-16,18-20H2,1-3H3. The van der Waals surface area contributed by atoms with E-state index in [1.54, 1.807) is 7.11 Å². The molecular weight excluding hydrogens is 426 g/mol. The van der Waals surface area contributed by atoms with Crippen molar-refractivity contribution in [3.63, 3.8) is 0 Å². The van der Waals surface area contributed by atoms with Crippen molar-refractivity contribution in [2.45, 2.75) is 52.7 Å². The molecule has 0 fully saturated rings. The molecule has 6 nitrogen and oxygen atoms in total. The van der Waals surface area contributed by atoms with E-state index >= 15 is 0 Å². The van der Waals surface area contributed by atoms with Crippen LogP contribution < -0.4 is 9.47 Å². The van der Waals surface area contributed by atoms with Gasteiger partial charge in [0.05, 0.1) is 25.1 Å². The lowest BCUT2D eigenvalue weighted by atomic mass is 10.1. The van der Waals surface area contributed by atoms with E-state index in [0.717, 1.165) is 56.9 Å². The van der Waals surface area contributed by atoms with Crippen LogP contribution in [0, 0.1) is 5.92 Å². The zero-order valence-electron chi connectivity index (χ0n) is 20.7. The normalized spacial score (nSPS) is 13.8. The predicted octanol–water partition coefficient (Wildman–Crippen LogP) is 4.46. The lowest BCUT2D eigenvalue weighted by Gasteiger charge is -2.29. The van der Waals surface area contributed by atoms with Gasteiger partial charge in [-0.05, 0) is 47.7 Å². The van der Waals surface area contributed by atoms with Crippen LogP contribution in [0.2, 0.25) is 0 Å². The van der Waals surface area contributed by atoms with Crippen LogP contribution in [0.4, 0.5) is 0 Å². The minimum atomic E-state index is 0.0243. The molecule has 1 aliphatic rings. The summed E-state index contributed by atoms with van der Waals surface area (Å²) in [5.41, 5.74) is 5.00. The number of aromatic nitrogens is 2. The maximum absolute atomic E-state index is 9.03. The first kappa shape index (κ1) is 24.3. The van der Waals surface area contributed by atoms with Crippen molar-refractivity contribution >= 4 is 0 Å². The fourth-order valence-corrected chi connectivity index (χ4v) is 4.54. The van der Waals surface area contributed by atoms with Crippen LogP contribution in [0.15, 0.2) is 48.5 Å². The van der Waals surface area contributed by atoms with Crippen molar-refractivity contribution in [1.29, 1.82) is 0 Å². The number of fused-ring (bicyclic) bond motifs is 1. The number of nitrogens with zero attached hydrogens (tertiary/aromatic N) is 3. The van der Waals surface area contributed by atoms with Crippen LogP contribution >= 0.6 is 0 Å². The number of aliphatic hydroxyl groups excluding tert-OH is 1. The van der Waals surface area contributed by atoms with E-state index in [4.69, 9.17) is 19.6 Å². The first-order valence-corrected chi connectivity index (χ1v) is 12.3. The van der Waals surface area contributed by atoms with E-state index in [2.05, 4.69) is 47.6 Å². The van der Waals surface area contributed by atoms with Crippen molar-refractivity contribution in [2.75, 3.05) is 26.9 Å². The van der Waals surface area contributed by atoms with Crippen LogP contribution in [-0.2, 0) is 32.5 Å². The first-order valence-electron chi connectivity index (χ1n) is 12.3. The Bertz CT molecular complexity index is 1060. The quantitative estimate of drug-likeness (QED) is 0.455. The summed E-state index contributed by atoms with van der Waals surface area (Å²) in [4.78, 5) is 7.64. The molecule has 0 unspecified atom stereocenters. The highest BCUT2D eigenvalue weighted by Crippen LogP contribution is 2.26. The Morgan fingerprint density at radius 3 is 2.59 bits per heavy atom. The van der Waals surface area contributed by atoms with Gasteiger partial charge in [0.1, 0.15) is 23.9 Å². The van der Waals surface area contributed by atoms with Crippen LogP contribution in [0.5, 0.6) is 11.5 Å². The zero-order chi connectivity index (χ0) is 23.9. The third-order valence-corrected chi connectivity index (χ3v) is 6.39. The lowest BCUT2D eigenvalue weighted by molar-refractivity contribution is 0.199. The SMILES string of the molecule is COc1ccc(Cc2nc(CCC(C)C)n3c2CN(Cc2cccc(OCCO)c2)CC3)cc1. The van der Waals surface area contributed by atoms with Gasteiger partial charge < -0.3 is 19.1 Å². The average molecular weight is 464 g/mol. The van der Waals surface area contributed by atoms with Gasteiger partial charge in [0.2, 0.25) is 0 Å². The second-order valence-corrected chi connectivity index (χ2v) is 9.46. The van der Waals surface area contributed by atoms with Gasteiger partial charge in [0.15, 0.2) is 0 Å². The lowest BCUT2D eigenvalue weighted by Crippen LogP contribution is -2.34. The average Bonchev–Trinajstić information content (AvgIpc) is 3.18. The molecule has 0 radical (unpaired) electrons. The zero-order valence-corrected chi connectivity index (χ0v) is 20.7. The summed E-state index contributed by atoms with van der Waals surface area (Å²) in [6.45, 7) is 8.63. The molecule has 4 rings (SSSR count). The van der Waals surface area contributed by atoms with Gasteiger partial charge in [-0.15, -0.1) is 0 Å². The van der Waals surface area contributed by atoms with Crippen LogP contribution in [0.1, 0.15) is 48.6 Å². The first-order chi connectivity index (χ1) is 16.6. The maximum Gasteiger partial charge on any atom is 0.119 e. The monoisotopic (exact) mass is 463 g/mol. The highest BCUT2D eigenvalue weighted by molar-refractivity contribution is 5.32. The van der Waals surface area contributed by atoms with Gasteiger partial charge in [0.25, 0.3) is 0 Å². The number of rotatable bonds is 11. The van der Waals surface area contributed by atoms with Gasteiger partial charge in [-0.1, -0.05) is 38.1 Å². The van der Waals surface area contributed by atoms with Crippen molar-refractivity contribution < 1.29 is 14.6 Å². The van der Waals surface area contributed by atoms with E-state index in [1.807, 2.05) is 24.3 Å². The Hall–Kier alpha value is -2.83. The van der Waals surface area contributed by atoms with Gasteiger partial charge in [-0.2, -0.15) is 0 Å². The van der Waals surface area contributed by atoms with Gasteiger partial charge >= 0.3 is 0 Å². The predicted molar refractivity (Wildman–Crippen MR) is 134 cm³/mol. The summed E-state index contributed by atoms with van der Waals surface area (Å²) in [6, 6.07) is 16.5. The fourth-order valence-electron chi connectivity index (χ4n) is 4.54. The Kier molecular flexibility index (Phi) is 8.25. The van der Waals surface area contributed by atoms with E-state index in [9.17, 15) is 0 Å². The molecule has 2 heterocycles. The Balaban J connectivity index is 1.53. The molecule has 0 spiro atoms. The summed E-state index contributed by atoms with van der Waals surface area (Å²) in [5, 5.41) is 9.03. The van der Waals surface area contributed by atoms with Crippen LogP contribution in [0.3, 0.4) is 0 Å². The minimum Gasteiger partial charge on any atom is -0.497 e. The molecule has 1 aliphatic heterocycles. The maximum atomic E-state index is 9.03. The number of methoxy groups -OCH3 is 1.